The Morgan fingerprint density at radius 2 is 1.84 bits per heavy atom. The molecule has 1 fully saturated rings. The Labute approximate surface area is 113 Å². The van der Waals surface area contributed by atoms with Gasteiger partial charge in [0.25, 0.3) is 0 Å². The topological polar surface area (TPSA) is 73.5 Å². The smallest absolute Gasteiger partial charge is 0.119 e. The van der Waals surface area contributed by atoms with E-state index in [0.717, 1.165) is 30.6 Å². The second-order valence-electron chi connectivity index (χ2n) is 5.17. The van der Waals surface area contributed by atoms with Crippen molar-refractivity contribution in [3.05, 3.63) is 29.8 Å². The Morgan fingerprint density at radius 3 is 2.26 bits per heavy atom. The summed E-state index contributed by atoms with van der Waals surface area (Å²) in [5, 5.41) is 27.3. The molecule has 2 rings (SSSR count). The zero-order valence-electron chi connectivity index (χ0n) is 10.9. The standard InChI is InChI=1S/C15H19NO3/c16-10-15(6-1-7-15)11-19-14-4-2-12(3-5-14)13(8-17)9-18/h2-5,13,17-18H,1,6-9,11H2. The average Bonchev–Trinajstić information content (AvgIpc) is 2.41. The zero-order valence-corrected chi connectivity index (χ0v) is 10.9. The first-order valence-electron chi connectivity index (χ1n) is 6.59. The van der Waals surface area contributed by atoms with Gasteiger partial charge in [0.05, 0.1) is 24.7 Å². The lowest BCUT2D eigenvalue weighted by atomic mass is 9.71. The predicted molar refractivity (Wildman–Crippen MR) is 70.7 cm³/mol. The van der Waals surface area contributed by atoms with Crippen LogP contribution in [-0.2, 0) is 0 Å². The van der Waals surface area contributed by atoms with Gasteiger partial charge in [-0.2, -0.15) is 5.26 Å². The molecule has 0 aromatic heterocycles. The summed E-state index contributed by atoms with van der Waals surface area (Å²) in [7, 11) is 0. The van der Waals surface area contributed by atoms with E-state index in [2.05, 4.69) is 6.07 Å². The molecular weight excluding hydrogens is 242 g/mol. The third-order valence-electron chi connectivity index (χ3n) is 3.86. The molecule has 1 aliphatic carbocycles. The number of benzene rings is 1. The van der Waals surface area contributed by atoms with Crippen LogP contribution in [0.25, 0.3) is 0 Å². The van der Waals surface area contributed by atoms with Gasteiger partial charge in [-0.1, -0.05) is 18.6 Å². The zero-order chi connectivity index (χ0) is 13.7. The highest BCUT2D eigenvalue weighted by molar-refractivity contribution is 5.30. The summed E-state index contributed by atoms with van der Waals surface area (Å²) in [5.41, 5.74) is 0.591. The molecular formula is C15H19NO3. The molecule has 0 atom stereocenters. The molecule has 2 N–H and O–H groups in total. The van der Waals surface area contributed by atoms with Crippen LogP contribution in [0.5, 0.6) is 5.75 Å². The van der Waals surface area contributed by atoms with Crippen LogP contribution in [-0.4, -0.2) is 30.0 Å². The second-order valence-corrected chi connectivity index (χ2v) is 5.17. The van der Waals surface area contributed by atoms with Crippen LogP contribution in [0.2, 0.25) is 0 Å². The van der Waals surface area contributed by atoms with Gasteiger partial charge >= 0.3 is 0 Å². The van der Waals surface area contributed by atoms with E-state index in [0.29, 0.717) is 6.61 Å². The minimum absolute atomic E-state index is 0.0752. The van der Waals surface area contributed by atoms with Gasteiger partial charge in [-0.3, -0.25) is 0 Å². The summed E-state index contributed by atoms with van der Waals surface area (Å²) in [5.74, 6) is 0.478. The van der Waals surface area contributed by atoms with Gasteiger partial charge in [-0.25, -0.2) is 0 Å². The Hall–Kier alpha value is -1.57. The van der Waals surface area contributed by atoms with Gasteiger partial charge in [0, 0.05) is 5.92 Å². The predicted octanol–water partition coefficient (Wildman–Crippen LogP) is 1.83. The third kappa shape index (κ3) is 3.06. The van der Waals surface area contributed by atoms with E-state index < -0.39 is 0 Å². The fraction of sp³-hybridized carbons (Fsp3) is 0.533. The van der Waals surface area contributed by atoms with Crippen molar-refractivity contribution in [3.8, 4) is 11.8 Å². The molecule has 102 valence electrons. The maximum atomic E-state index is 9.11. The van der Waals surface area contributed by atoms with E-state index in [4.69, 9.17) is 20.2 Å². The number of nitriles is 1. The summed E-state index contributed by atoms with van der Waals surface area (Å²) < 4.78 is 5.66. The molecule has 0 bridgehead atoms. The highest BCUT2D eigenvalue weighted by Crippen LogP contribution is 2.40. The summed E-state index contributed by atoms with van der Waals surface area (Å²) in [6, 6.07) is 9.65. The van der Waals surface area contributed by atoms with Crippen LogP contribution >= 0.6 is 0 Å². The number of ether oxygens (including phenoxy) is 1. The van der Waals surface area contributed by atoms with Crippen LogP contribution < -0.4 is 4.74 Å². The molecule has 0 saturated heterocycles. The molecule has 0 heterocycles. The first-order valence-corrected chi connectivity index (χ1v) is 6.59. The summed E-state index contributed by atoms with van der Waals surface area (Å²) in [4.78, 5) is 0. The monoisotopic (exact) mass is 261 g/mol. The fourth-order valence-electron chi connectivity index (χ4n) is 2.22. The summed E-state index contributed by atoms with van der Waals surface area (Å²) in [6.45, 7) is 0.286. The molecule has 0 amide bonds. The Morgan fingerprint density at radius 1 is 1.21 bits per heavy atom. The molecule has 0 unspecified atom stereocenters. The van der Waals surface area contributed by atoms with Crippen LogP contribution in [0, 0.1) is 16.7 Å². The minimum atomic E-state index is -0.294. The lowest BCUT2D eigenvalue weighted by Crippen LogP contribution is -2.34. The van der Waals surface area contributed by atoms with Gasteiger partial charge in [-0.15, -0.1) is 0 Å². The normalized spacial score (nSPS) is 16.7. The van der Waals surface area contributed by atoms with E-state index in [-0.39, 0.29) is 24.5 Å². The van der Waals surface area contributed by atoms with Crippen LogP contribution in [0.4, 0.5) is 0 Å². The number of rotatable bonds is 6. The van der Waals surface area contributed by atoms with Crippen molar-refractivity contribution in [2.75, 3.05) is 19.8 Å². The quantitative estimate of drug-likeness (QED) is 0.819. The van der Waals surface area contributed by atoms with E-state index in [1.54, 1.807) is 0 Å². The Kier molecular flexibility index (Phi) is 4.41. The molecule has 19 heavy (non-hydrogen) atoms. The molecule has 1 aromatic rings. The highest BCUT2D eigenvalue weighted by Gasteiger charge is 2.38. The van der Waals surface area contributed by atoms with Gasteiger partial charge in [-0.05, 0) is 30.5 Å². The molecule has 0 radical (unpaired) electrons. The van der Waals surface area contributed by atoms with Gasteiger partial charge in [0.1, 0.15) is 12.4 Å². The maximum absolute atomic E-state index is 9.11. The maximum Gasteiger partial charge on any atom is 0.119 e. The van der Waals surface area contributed by atoms with Crippen molar-refractivity contribution in [2.24, 2.45) is 5.41 Å². The molecule has 1 aromatic carbocycles. The minimum Gasteiger partial charge on any atom is -0.492 e. The SMILES string of the molecule is N#CC1(COc2ccc(C(CO)CO)cc2)CCC1. The third-order valence-corrected chi connectivity index (χ3v) is 3.86. The van der Waals surface area contributed by atoms with Crippen molar-refractivity contribution < 1.29 is 14.9 Å². The molecule has 4 heteroatoms. The molecule has 0 aliphatic heterocycles. The van der Waals surface area contributed by atoms with E-state index in [1.807, 2.05) is 24.3 Å². The molecule has 1 aliphatic rings. The molecule has 0 spiro atoms. The number of aliphatic hydroxyl groups is 2. The lowest BCUT2D eigenvalue weighted by molar-refractivity contribution is 0.115. The Balaban J connectivity index is 1.94. The fourth-order valence-corrected chi connectivity index (χ4v) is 2.22. The first kappa shape index (κ1) is 13.9. The number of hydrogen-bond donors (Lipinski definition) is 2. The van der Waals surface area contributed by atoms with Crippen molar-refractivity contribution in [1.29, 1.82) is 5.26 Å². The van der Waals surface area contributed by atoms with Crippen molar-refractivity contribution in [2.45, 2.75) is 25.2 Å². The summed E-state index contributed by atoms with van der Waals surface area (Å²) in [6.07, 6.45) is 2.93. The van der Waals surface area contributed by atoms with Crippen LogP contribution in [0.15, 0.2) is 24.3 Å². The van der Waals surface area contributed by atoms with Crippen molar-refractivity contribution in [3.63, 3.8) is 0 Å². The Bertz CT molecular complexity index is 441. The number of aliphatic hydroxyl groups excluding tert-OH is 2. The van der Waals surface area contributed by atoms with Crippen LogP contribution in [0.1, 0.15) is 30.7 Å². The van der Waals surface area contributed by atoms with E-state index in [9.17, 15) is 0 Å². The second kappa shape index (κ2) is 6.05. The van der Waals surface area contributed by atoms with Gasteiger partial charge < -0.3 is 14.9 Å². The first-order chi connectivity index (χ1) is 9.23. The van der Waals surface area contributed by atoms with Gasteiger partial charge in [0.15, 0.2) is 0 Å². The van der Waals surface area contributed by atoms with Crippen LogP contribution in [0.3, 0.4) is 0 Å². The average molecular weight is 261 g/mol. The van der Waals surface area contributed by atoms with Crippen molar-refractivity contribution >= 4 is 0 Å². The highest BCUT2D eigenvalue weighted by atomic mass is 16.5. The van der Waals surface area contributed by atoms with Crippen molar-refractivity contribution in [1.82, 2.24) is 0 Å². The molecule has 1 saturated carbocycles. The number of hydrogen-bond acceptors (Lipinski definition) is 4. The lowest BCUT2D eigenvalue weighted by Gasteiger charge is -2.34. The van der Waals surface area contributed by atoms with Gasteiger partial charge in [0.2, 0.25) is 0 Å². The van der Waals surface area contributed by atoms with E-state index in [1.165, 1.54) is 0 Å². The largest absolute Gasteiger partial charge is 0.492 e. The van der Waals surface area contributed by atoms with E-state index >= 15 is 0 Å². The number of nitrogens with zero attached hydrogens (tertiary/aromatic N) is 1. The summed E-state index contributed by atoms with van der Waals surface area (Å²) >= 11 is 0. The molecule has 4 nitrogen and oxygen atoms in total.